The average molecular weight is 312 g/mol. The van der Waals surface area contributed by atoms with Crippen molar-refractivity contribution in [2.75, 3.05) is 38.6 Å². The van der Waals surface area contributed by atoms with Crippen molar-refractivity contribution in [3.63, 3.8) is 0 Å². The van der Waals surface area contributed by atoms with E-state index in [4.69, 9.17) is 4.74 Å². The molecular weight excluding hydrogens is 288 g/mol. The molecule has 0 bridgehead atoms. The SMILES string of the molecule is COC(=O)CN1CCCC(CNc2nc(C(C)C)ns2)C1. The Morgan fingerprint density at radius 2 is 2.38 bits per heavy atom. The number of piperidine rings is 1. The van der Waals surface area contributed by atoms with E-state index in [9.17, 15) is 4.79 Å². The summed E-state index contributed by atoms with van der Waals surface area (Å²) in [6.45, 7) is 7.36. The Bertz CT molecular complexity index is 464. The molecule has 1 N–H and O–H groups in total. The molecule has 0 amide bonds. The number of carbonyl (C=O) groups excluding carboxylic acids is 1. The van der Waals surface area contributed by atoms with E-state index >= 15 is 0 Å². The number of anilines is 1. The van der Waals surface area contributed by atoms with Gasteiger partial charge in [0.15, 0.2) is 0 Å². The molecule has 0 aliphatic carbocycles. The van der Waals surface area contributed by atoms with Gasteiger partial charge in [-0.1, -0.05) is 13.8 Å². The number of ether oxygens (including phenoxy) is 1. The summed E-state index contributed by atoms with van der Waals surface area (Å²) >= 11 is 1.42. The van der Waals surface area contributed by atoms with Gasteiger partial charge in [0.1, 0.15) is 5.82 Å². The smallest absolute Gasteiger partial charge is 0.319 e. The quantitative estimate of drug-likeness (QED) is 0.810. The Labute approximate surface area is 130 Å². The van der Waals surface area contributed by atoms with Crippen LogP contribution in [0.1, 0.15) is 38.4 Å². The van der Waals surface area contributed by atoms with E-state index in [1.54, 1.807) is 0 Å². The van der Waals surface area contributed by atoms with E-state index in [-0.39, 0.29) is 5.97 Å². The van der Waals surface area contributed by atoms with Gasteiger partial charge >= 0.3 is 5.97 Å². The fourth-order valence-electron chi connectivity index (χ4n) is 2.48. The van der Waals surface area contributed by atoms with Gasteiger partial charge in [0.05, 0.1) is 13.7 Å². The van der Waals surface area contributed by atoms with Crippen molar-refractivity contribution < 1.29 is 9.53 Å². The van der Waals surface area contributed by atoms with Gasteiger partial charge < -0.3 is 10.1 Å². The number of rotatable bonds is 6. The van der Waals surface area contributed by atoms with E-state index in [2.05, 4.69) is 33.4 Å². The lowest BCUT2D eigenvalue weighted by Crippen LogP contribution is -2.41. The molecule has 21 heavy (non-hydrogen) atoms. The van der Waals surface area contributed by atoms with Crippen LogP contribution in [0.3, 0.4) is 0 Å². The Morgan fingerprint density at radius 1 is 1.57 bits per heavy atom. The highest BCUT2D eigenvalue weighted by Gasteiger charge is 2.22. The lowest BCUT2D eigenvalue weighted by atomic mass is 9.98. The fraction of sp³-hybridized carbons (Fsp3) is 0.786. The van der Waals surface area contributed by atoms with E-state index in [0.29, 0.717) is 18.4 Å². The molecule has 2 rings (SSSR count). The summed E-state index contributed by atoms with van der Waals surface area (Å²) in [6.07, 6.45) is 2.30. The van der Waals surface area contributed by atoms with Crippen LogP contribution in [0, 0.1) is 5.92 Å². The summed E-state index contributed by atoms with van der Waals surface area (Å²) in [5.41, 5.74) is 0. The molecule has 1 aromatic heterocycles. The molecule has 118 valence electrons. The average Bonchev–Trinajstić information content (AvgIpc) is 2.94. The van der Waals surface area contributed by atoms with Crippen LogP contribution in [0.15, 0.2) is 0 Å². The summed E-state index contributed by atoms with van der Waals surface area (Å²) in [4.78, 5) is 18.0. The molecule has 0 spiro atoms. The van der Waals surface area contributed by atoms with Crippen molar-refractivity contribution in [1.82, 2.24) is 14.3 Å². The first-order valence-electron chi connectivity index (χ1n) is 7.45. The van der Waals surface area contributed by atoms with E-state index < -0.39 is 0 Å². The number of nitrogens with zero attached hydrogens (tertiary/aromatic N) is 3. The zero-order chi connectivity index (χ0) is 15.2. The summed E-state index contributed by atoms with van der Waals surface area (Å²) < 4.78 is 9.07. The van der Waals surface area contributed by atoms with Crippen molar-refractivity contribution in [3.8, 4) is 0 Å². The predicted molar refractivity (Wildman–Crippen MR) is 83.7 cm³/mol. The minimum atomic E-state index is -0.158. The zero-order valence-electron chi connectivity index (χ0n) is 13.0. The van der Waals surface area contributed by atoms with E-state index in [0.717, 1.165) is 37.0 Å². The molecule has 1 atom stereocenters. The van der Waals surface area contributed by atoms with Gasteiger partial charge in [-0.3, -0.25) is 9.69 Å². The standard InChI is InChI=1S/C14H24N4O2S/c1-10(2)13-16-14(21-17-13)15-7-11-5-4-6-18(8-11)9-12(19)20-3/h10-11H,4-9H2,1-3H3,(H,15,16,17). The molecule has 7 heteroatoms. The summed E-state index contributed by atoms with van der Waals surface area (Å²) in [5.74, 6) is 1.64. The highest BCUT2D eigenvalue weighted by Crippen LogP contribution is 2.20. The van der Waals surface area contributed by atoms with Crippen molar-refractivity contribution in [1.29, 1.82) is 0 Å². The second-order valence-corrected chi connectivity index (χ2v) is 6.56. The summed E-state index contributed by atoms with van der Waals surface area (Å²) in [5, 5.41) is 4.27. The van der Waals surface area contributed by atoms with Crippen LogP contribution >= 0.6 is 11.5 Å². The summed E-state index contributed by atoms with van der Waals surface area (Å²) in [7, 11) is 1.44. The predicted octanol–water partition coefficient (Wildman–Crippen LogP) is 1.96. The number of aromatic nitrogens is 2. The maximum Gasteiger partial charge on any atom is 0.319 e. The zero-order valence-corrected chi connectivity index (χ0v) is 13.8. The van der Waals surface area contributed by atoms with Crippen LogP contribution < -0.4 is 5.32 Å². The van der Waals surface area contributed by atoms with Gasteiger partial charge in [0, 0.05) is 30.5 Å². The Hall–Kier alpha value is -1.21. The Balaban J connectivity index is 1.78. The normalized spacial score (nSPS) is 19.7. The number of hydrogen-bond acceptors (Lipinski definition) is 7. The van der Waals surface area contributed by atoms with Crippen LogP contribution in [0.2, 0.25) is 0 Å². The largest absolute Gasteiger partial charge is 0.468 e. The highest BCUT2D eigenvalue weighted by atomic mass is 32.1. The van der Waals surface area contributed by atoms with Gasteiger partial charge in [-0.25, -0.2) is 4.98 Å². The summed E-state index contributed by atoms with van der Waals surface area (Å²) in [6, 6.07) is 0. The minimum Gasteiger partial charge on any atom is -0.468 e. The lowest BCUT2D eigenvalue weighted by molar-refractivity contribution is -0.142. The van der Waals surface area contributed by atoms with Gasteiger partial charge in [-0.15, -0.1) is 0 Å². The third kappa shape index (κ3) is 4.93. The van der Waals surface area contributed by atoms with E-state index in [1.807, 2.05) is 0 Å². The molecule has 2 heterocycles. The van der Waals surface area contributed by atoms with Crippen LogP contribution in [0.4, 0.5) is 5.13 Å². The van der Waals surface area contributed by atoms with Gasteiger partial charge in [-0.05, 0) is 25.3 Å². The number of carbonyl (C=O) groups is 1. The molecule has 1 saturated heterocycles. The molecule has 1 aliphatic heterocycles. The van der Waals surface area contributed by atoms with Crippen LogP contribution in [-0.4, -0.2) is 53.5 Å². The Kier molecular flexibility index (Phi) is 5.93. The second kappa shape index (κ2) is 7.70. The Morgan fingerprint density at radius 3 is 3.05 bits per heavy atom. The van der Waals surface area contributed by atoms with Crippen LogP contribution in [0.5, 0.6) is 0 Å². The molecule has 6 nitrogen and oxygen atoms in total. The second-order valence-electron chi connectivity index (χ2n) is 5.81. The maximum absolute atomic E-state index is 11.3. The molecule has 0 radical (unpaired) electrons. The van der Waals surface area contributed by atoms with Crippen molar-refractivity contribution in [2.24, 2.45) is 5.92 Å². The molecular formula is C14H24N4O2S. The maximum atomic E-state index is 11.3. The van der Waals surface area contributed by atoms with Crippen LogP contribution in [0.25, 0.3) is 0 Å². The molecule has 1 unspecified atom stereocenters. The molecule has 1 aromatic rings. The lowest BCUT2D eigenvalue weighted by Gasteiger charge is -2.31. The number of methoxy groups -OCH3 is 1. The van der Waals surface area contributed by atoms with Crippen molar-refractivity contribution in [3.05, 3.63) is 5.82 Å². The third-order valence-electron chi connectivity index (χ3n) is 3.68. The van der Waals surface area contributed by atoms with Gasteiger partial charge in [0.25, 0.3) is 0 Å². The van der Waals surface area contributed by atoms with Gasteiger partial charge in [-0.2, -0.15) is 4.37 Å². The van der Waals surface area contributed by atoms with Gasteiger partial charge in [0.2, 0.25) is 5.13 Å². The highest BCUT2D eigenvalue weighted by molar-refractivity contribution is 7.09. The number of likely N-dealkylation sites (tertiary alicyclic amines) is 1. The molecule has 1 aliphatic rings. The molecule has 1 fully saturated rings. The number of esters is 1. The van der Waals surface area contributed by atoms with Crippen molar-refractivity contribution in [2.45, 2.75) is 32.6 Å². The minimum absolute atomic E-state index is 0.158. The molecule has 0 saturated carbocycles. The fourth-order valence-corrected chi connectivity index (χ4v) is 3.20. The molecule has 0 aromatic carbocycles. The topological polar surface area (TPSA) is 67.3 Å². The number of nitrogens with one attached hydrogen (secondary N) is 1. The van der Waals surface area contributed by atoms with Crippen LogP contribution in [-0.2, 0) is 9.53 Å². The first-order valence-corrected chi connectivity index (χ1v) is 8.22. The first kappa shape index (κ1) is 16.2. The first-order chi connectivity index (χ1) is 10.1. The monoisotopic (exact) mass is 312 g/mol. The van der Waals surface area contributed by atoms with Crippen molar-refractivity contribution >= 4 is 22.6 Å². The number of hydrogen-bond donors (Lipinski definition) is 1. The van der Waals surface area contributed by atoms with E-state index in [1.165, 1.54) is 25.1 Å². The third-order valence-corrected chi connectivity index (χ3v) is 4.37.